The summed E-state index contributed by atoms with van der Waals surface area (Å²) in [5.41, 5.74) is 4.16. The molecule has 2 amide bonds. The number of hydrogen-bond donors (Lipinski definition) is 2. The highest BCUT2D eigenvalue weighted by Crippen LogP contribution is 2.34. The fourth-order valence-corrected chi connectivity index (χ4v) is 3.42. The van der Waals surface area contributed by atoms with Crippen molar-refractivity contribution in [1.82, 2.24) is 20.0 Å². The summed E-state index contributed by atoms with van der Waals surface area (Å²) in [6.45, 7) is 5.98. The third-order valence-corrected chi connectivity index (χ3v) is 5.48. The lowest BCUT2D eigenvalue weighted by molar-refractivity contribution is 0.262. The topological polar surface area (TPSA) is 112 Å². The predicted molar refractivity (Wildman–Crippen MR) is 132 cm³/mol. The predicted octanol–water partition coefficient (Wildman–Crippen LogP) is 5.04. The molecule has 2 aromatic carbocycles. The van der Waals surface area contributed by atoms with Crippen LogP contribution in [0.2, 0.25) is 0 Å². The Morgan fingerprint density at radius 3 is 2.26 bits per heavy atom. The number of carbonyl (C=O) groups is 1. The molecule has 35 heavy (non-hydrogen) atoms. The molecular weight excluding hydrogens is 448 g/mol. The van der Waals surface area contributed by atoms with E-state index in [9.17, 15) is 4.79 Å². The summed E-state index contributed by atoms with van der Waals surface area (Å²) in [5, 5.41) is 18.4. The van der Waals surface area contributed by atoms with Gasteiger partial charge in [0.1, 0.15) is 5.75 Å². The molecule has 4 rings (SSSR count). The first-order chi connectivity index (χ1) is 16.9. The Hall–Kier alpha value is -4.60. The third kappa shape index (κ3) is 5.16. The minimum Gasteiger partial charge on any atom is -0.493 e. The van der Waals surface area contributed by atoms with E-state index in [2.05, 4.69) is 25.9 Å². The van der Waals surface area contributed by atoms with Crippen LogP contribution in [0.5, 0.6) is 23.1 Å². The normalized spacial score (nSPS) is 10.5. The second-order valence-electron chi connectivity index (χ2n) is 7.68. The summed E-state index contributed by atoms with van der Waals surface area (Å²) in [5.74, 6) is 2.47. The average molecular weight is 475 g/mol. The number of carbonyl (C=O) groups excluding carboxylic acids is 1. The number of anilines is 2. The maximum atomic E-state index is 12.4. The number of benzene rings is 2. The Morgan fingerprint density at radius 1 is 0.886 bits per heavy atom. The zero-order valence-corrected chi connectivity index (χ0v) is 20.1. The van der Waals surface area contributed by atoms with Gasteiger partial charge in [0.15, 0.2) is 17.3 Å². The fourth-order valence-electron chi connectivity index (χ4n) is 3.42. The smallest absolute Gasteiger partial charge is 0.323 e. The van der Waals surface area contributed by atoms with Crippen LogP contribution in [0.3, 0.4) is 0 Å². The van der Waals surface area contributed by atoms with Gasteiger partial charge in [0, 0.05) is 17.4 Å². The van der Waals surface area contributed by atoms with Crippen LogP contribution in [-0.4, -0.2) is 40.2 Å². The number of aryl methyl sites for hydroxylation is 1. The highest BCUT2D eigenvalue weighted by molar-refractivity contribution is 6.01. The van der Waals surface area contributed by atoms with E-state index >= 15 is 0 Å². The van der Waals surface area contributed by atoms with E-state index in [-0.39, 0.29) is 0 Å². The van der Waals surface area contributed by atoms with Crippen molar-refractivity contribution >= 4 is 17.4 Å². The highest BCUT2D eigenvalue weighted by atomic mass is 16.5. The number of urea groups is 1. The van der Waals surface area contributed by atoms with Crippen LogP contribution in [0.25, 0.3) is 5.82 Å². The van der Waals surface area contributed by atoms with Gasteiger partial charge in [-0.15, -0.1) is 10.2 Å². The summed E-state index contributed by atoms with van der Waals surface area (Å²) in [6, 6.07) is 15.2. The highest BCUT2D eigenvalue weighted by Gasteiger charge is 2.13. The molecule has 0 fully saturated rings. The summed E-state index contributed by atoms with van der Waals surface area (Å²) < 4.78 is 18.1. The third-order valence-electron chi connectivity index (χ3n) is 5.48. The first kappa shape index (κ1) is 23.6. The van der Waals surface area contributed by atoms with Crippen LogP contribution in [-0.2, 0) is 0 Å². The summed E-state index contributed by atoms with van der Waals surface area (Å²) in [6.07, 6.45) is 0. The quantitative estimate of drug-likeness (QED) is 0.386. The molecule has 0 saturated carbocycles. The van der Waals surface area contributed by atoms with Crippen molar-refractivity contribution in [3.8, 4) is 28.9 Å². The van der Waals surface area contributed by atoms with Gasteiger partial charge in [-0.2, -0.15) is 5.10 Å². The molecule has 0 atom stereocenters. The summed E-state index contributed by atoms with van der Waals surface area (Å²) >= 11 is 0. The lowest BCUT2D eigenvalue weighted by Gasteiger charge is -2.14. The number of para-hydroxylation sites is 1. The first-order valence-corrected chi connectivity index (χ1v) is 10.8. The van der Waals surface area contributed by atoms with E-state index < -0.39 is 6.03 Å². The Balaban J connectivity index is 1.38. The zero-order chi connectivity index (χ0) is 24.9. The molecule has 2 aromatic heterocycles. The number of nitrogens with zero attached hydrogens (tertiary/aromatic N) is 4. The summed E-state index contributed by atoms with van der Waals surface area (Å²) in [4.78, 5) is 12.4. The maximum absolute atomic E-state index is 12.4. The van der Waals surface area contributed by atoms with Crippen LogP contribution in [0, 0.1) is 20.8 Å². The standard InChI is InChI=1S/C25H26N6O4/c1-15-16(2)30-31(17(15)3)22-13-14-23(29-28-22)35-19-11-9-18(10-12-19)26-25(32)27-20-7-6-8-21(33-4)24(20)34-5/h6-14H,1-5H3,(H2,26,27,32). The Bertz CT molecular complexity index is 1330. The fraction of sp³-hybridized carbons (Fsp3) is 0.200. The molecule has 0 bridgehead atoms. The zero-order valence-electron chi connectivity index (χ0n) is 20.1. The molecule has 10 heteroatoms. The van der Waals surface area contributed by atoms with E-state index in [1.807, 2.05) is 20.8 Å². The van der Waals surface area contributed by atoms with Gasteiger partial charge in [0.25, 0.3) is 0 Å². The van der Waals surface area contributed by atoms with Gasteiger partial charge in [-0.1, -0.05) is 6.07 Å². The lowest BCUT2D eigenvalue weighted by Crippen LogP contribution is -2.19. The molecule has 0 aliphatic heterocycles. The van der Waals surface area contributed by atoms with E-state index in [4.69, 9.17) is 14.2 Å². The lowest BCUT2D eigenvalue weighted by atomic mass is 10.2. The number of rotatable bonds is 7. The number of aromatic nitrogens is 4. The second kappa shape index (κ2) is 10.1. The van der Waals surface area contributed by atoms with Gasteiger partial charge in [0.2, 0.25) is 5.88 Å². The number of methoxy groups -OCH3 is 2. The molecule has 10 nitrogen and oxygen atoms in total. The van der Waals surface area contributed by atoms with E-state index in [1.165, 1.54) is 14.2 Å². The average Bonchev–Trinajstić information content (AvgIpc) is 3.12. The van der Waals surface area contributed by atoms with Crippen LogP contribution in [0.15, 0.2) is 54.6 Å². The van der Waals surface area contributed by atoms with Crippen molar-refractivity contribution in [2.75, 3.05) is 24.9 Å². The molecule has 2 N–H and O–H groups in total. The molecule has 0 unspecified atom stereocenters. The number of ether oxygens (including phenoxy) is 3. The molecule has 0 aliphatic carbocycles. The minimum absolute atomic E-state index is 0.343. The van der Waals surface area contributed by atoms with Gasteiger partial charge in [-0.05, 0) is 68.8 Å². The van der Waals surface area contributed by atoms with Crippen molar-refractivity contribution in [2.24, 2.45) is 0 Å². The van der Waals surface area contributed by atoms with Crippen LogP contribution in [0.1, 0.15) is 17.0 Å². The monoisotopic (exact) mass is 474 g/mol. The molecular formula is C25H26N6O4. The molecule has 4 aromatic rings. The van der Waals surface area contributed by atoms with E-state index in [0.717, 1.165) is 17.0 Å². The van der Waals surface area contributed by atoms with Crippen molar-refractivity contribution in [3.05, 3.63) is 71.5 Å². The molecule has 0 spiro atoms. The number of nitrogens with one attached hydrogen (secondary N) is 2. The second-order valence-corrected chi connectivity index (χ2v) is 7.68. The Labute approximate surface area is 202 Å². The SMILES string of the molecule is COc1cccc(NC(=O)Nc2ccc(Oc3ccc(-n4nc(C)c(C)c4C)nn3)cc2)c1OC. The van der Waals surface area contributed by atoms with Crippen molar-refractivity contribution in [3.63, 3.8) is 0 Å². The van der Waals surface area contributed by atoms with Crippen LogP contribution in [0.4, 0.5) is 16.2 Å². The van der Waals surface area contributed by atoms with Crippen molar-refractivity contribution in [2.45, 2.75) is 20.8 Å². The number of hydrogen-bond acceptors (Lipinski definition) is 7. The summed E-state index contributed by atoms with van der Waals surface area (Å²) in [7, 11) is 3.05. The van der Waals surface area contributed by atoms with Crippen LogP contribution < -0.4 is 24.8 Å². The van der Waals surface area contributed by atoms with Crippen molar-refractivity contribution < 1.29 is 19.0 Å². The molecule has 2 heterocycles. The van der Waals surface area contributed by atoms with Gasteiger partial charge < -0.3 is 24.8 Å². The molecule has 180 valence electrons. The Morgan fingerprint density at radius 2 is 1.66 bits per heavy atom. The largest absolute Gasteiger partial charge is 0.493 e. The van der Waals surface area contributed by atoms with E-state index in [1.54, 1.807) is 59.3 Å². The van der Waals surface area contributed by atoms with Crippen LogP contribution >= 0.6 is 0 Å². The van der Waals surface area contributed by atoms with Gasteiger partial charge in [0.05, 0.1) is 25.6 Å². The van der Waals surface area contributed by atoms with E-state index in [0.29, 0.717) is 40.3 Å². The maximum Gasteiger partial charge on any atom is 0.323 e. The van der Waals surface area contributed by atoms with Crippen molar-refractivity contribution in [1.29, 1.82) is 0 Å². The van der Waals surface area contributed by atoms with Gasteiger partial charge in [-0.25, -0.2) is 9.48 Å². The molecule has 0 radical (unpaired) electrons. The first-order valence-electron chi connectivity index (χ1n) is 10.8. The number of amides is 2. The van der Waals surface area contributed by atoms with Gasteiger partial charge >= 0.3 is 6.03 Å². The molecule has 0 saturated heterocycles. The minimum atomic E-state index is -0.425. The Kier molecular flexibility index (Phi) is 6.81. The van der Waals surface area contributed by atoms with Gasteiger partial charge in [-0.3, -0.25) is 0 Å². The molecule has 0 aliphatic rings.